The van der Waals surface area contributed by atoms with Gasteiger partial charge in [-0.3, -0.25) is 0 Å². The van der Waals surface area contributed by atoms with Gasteiger partial charge in [-0.1, -0.05) is 133 Å². The maximum Gasteiger partial charge on any atom is 0.167 e. The predicted molar refractivity (Wildman–Crippen MR) is 220 cm³/mol. The molecule has 0 unspecified atom stereocenters. The lowest BCUT2D eigenvalue weighted by Gasteiger charge is -2.09. The lowest BCUT2D eigenvalue weighted by molar-refractivity contribution is 0.668. The molecule has 56 heavy (non-hydrogen) atoms. The average molecular weight is 721 g/mol. The summed E-state index contributed by atoms with van der Waals surface area (Å²) >= 11 is 0. The van der Waals surface area contributed by atoms with Crippen molar-refractivity contribution >= 4 is 43.9 Å². The van der Waals surface area contributed by atoms with E-state index in [0.29, 0.717) is 40.5 Å². The molecule has 0 fully saturated rings. The first-order chi connectivity index (χ1) is 27.7. The molecule has 4 aromatic heterocycles. The number of hydrogen-bond acceptors (Lipinski definition) is 8. The third-order valence-corrected chi connectivity index (χ3v) is 10.0. The van der Waals surface area contributed by atoms with E-state index in [1.807, 2.05) is 152 Å². The van der Waals surface area contributed by atoms with Crippen LogP contribution in [0.3, 0.4) is 0 Å². The van der Waals surface area contributed by atoms with Crippen molar-refractivity contribution in [3.8, 4) is 68.3 Å². The summed E-state index contributed by atoms with van der Waals surface area (Å²) < 4.78 is 12.9. The molecule has 0 aliphatic rings. The molecule has 4 heterocycles. The van der Waals surface area contributed by atoms with E-state index in [9.17, 15) is 0 Å². The maximum atomic E-state index is 6.62. The first-order valence-corrected chi connectivity index (χ1v) is 18.3. The smallest absolute Gasteiger partial charge is 0.167 e. The Hall–Kier alpha value is -7.84. The Morgan fingerprint density at radius 1 is 0.286 bits per heavy atom. The predicted octanol–water partition coefficient (Wildman–Crippen LogP) is 11.9. The molecule has 8 heteroatoms. The van der Waals surface area contributed by atoms with Gasteiger partial charge < -0.3 is 8.83 Å². The fraction of sp³-hybridized carbons (Fsp3) is 0. The van der Waals surface area contributed by atoms with Crippen LogP contribution in [-0.4, -0.2) is 29.9 Å². The van der Waals surface area contributed by atoms with E-state index in [4.69, 9.17) is 38.7 Å². The number of rotatable bonds is 6. The van der Waals surface area contributed by atoms with Crippen LogP contribution in [0.25, 0.3) is 112 Å². The van der Waals surface area contributed by atoms with Gasteiger partial charge >= 0.3 is 0 Å². The van der Waals surface area contributed by atoms with Crippen LogP contribution < -0.4 is 0 Å². The lowest BCUT2D eigenvalue weighted by atomic mass is 10.0. The van der Waals surface area contributed by atoms with Crippen molar-refractivity contribution in [1.82, 2.24) is 29.9 Å². The molecule has 7 aromatic carbocycles. The third-order valence-electron chi connectivity index (χ3n) is 10.0. The molecule has 262 valence electrons. The van der Waals surface area contributed by atoms with Crippen molar-refractivity contribution in [2.24, 2.45) is 0 Å². The highest BCUT2D eigenvalue weighted by molar-refractivity contribution is 6.12. The second kappa shape index (κ2) is 12.9. The van der Waals surface area contributed by atoms with Crippen LogP contribution in [0.5, 0.6) is 0 Å². The van der Waals surface area contributed by atoms with Crippen LogP contribution in [0, 0.1) is 0 Å². The van der Waals surface area contributed by atoms with Crippen LogP contribution in [0.4, 0.5) is 0 Å². The Morgan fingerprint density at radius 2 is 0.750 bits per heavy atom. The molecule has 0 aliphatic heterocycles. The maximum absolute atomic E-state index is 6.62. The molecule has 0 spiro atoms. The topological polar surface area (TPSA) is 104 Å². The van der Waals surface area contributed by atoms with Crippen molar-refractivity contribution in [2.45, 2.75) is 0 Å². The Bertz CT molecular complexity index is 3190. The zero-order chi connectivity index (χ0) is 37.0. The molecule has 0 atom stereocenters. The van der Waals surface area contributed by atoms with Crippen molar-refractivity contribution in [2.75, 3.05) is 0 Å². The second-order valence-electron chi connectivity index (χ2n) is 13.5. The van der Waals surface area contributed by atoms with Crippen LogP contribution in [0.1, 0.15) is 0 Å². The minimum Gasteiger partial charge on any atom is -0.456 e. The van der Waals surface area contributed by atoms with E-state index < -0.39 is 0 Å². The van der Waals surface area contributed by atoms with E-state index in [1.165, 1.54) is 0 Å². The van der Waals surface area contributed by atoms with Crippen LogP contribution in [0.15, 0.2) is 179 Å². The van der Waals surface area contributed by atoms with Crippen molar-refractivity contribution < 1.29 is 8.83 Å². The highest BCUT2D eigenvalue weighted by atomic mass is 16.3. The van der Waals surface area contributed by atoms with Crippen molar-refractivity contribution in [1.29, 1.82) is 0 Å². The van der Waals surface area contributed by atoms with Crippen LogP contribution in [-0.2, 0) is 0 Å². The monoisotopic (exact) mass is 720 g/mol. The quantitative estimate of drug-likeness (QED) is 0.167. The van der Waals surface area contributed by atoms with Gasteiger partial charge in [0, 0.05) is 49.4 Å². The number of para-hydroxylation sites is 2. The largest absolute Gasteiger partial charge is 0.456 e. The summed E-state index contributed by atoms with van der Waals surface area (Å²) in [5.41, 5.74) is 8.16. The molecule has 0 N–H and O–H groups in total. The SMILES string of the molecule is c1ccc(-c2nc(-c3ccccc3)nc(-c3cccc4c3oc3ccc(-c5nc(-c6ccccc6)nc(-c6cccc7oc8ccccc8c67)n5)cc34)n2)cc1. The molecule has 0 saturated heterocycles. The minimum absolute atomic E-state index is 0.526. The molecular formula is C48H28N6O2. The zero-order valence-corrected chi connectivity index (χ0v) is 29.7. The number of nitrogens with zero attached hydrogens (tertiary/aromatic N) is 6. The number of aromatic nitrogens is 6. The fourth-order valence-corrected chi connectivity index (χ4v) is 7.35. The van der Waals surface area contributed by atoms with Gasteiger partial charge in [0.15, 0.2) is 34.9 Å². The van der Waals surface area contributed by atoms with Gasteiger partial charge in [0.05, 0.1) is 5.56 Å². The van der Waals surface area contributed by atoms with Crippen molar-refractivity contribution in [3.05, 3.63) is 170 Å². The normalized spacial score (nSPS) is 11.6. The standard InChI is InChI=1S/C48H28N6O2/c1-4-14-29(15-5-1)43-49-44(30-16-6-2-7-17-30)53-48(52-43)36-23-12-21-33-37-28-32(26-27-39(37)56-42(33)36)46-50-45(31-18-8-3-9-19-31)51-47(54-46)35-22-13-25-40-41(35)34-20-10-11-24-38(34)55-40/h1-28H. The van der Waals surface area contributed by atoms with Gasteiger partial charge in [-0.15, -0.1) is 0 Å². The molecule has 0 bridgehead atoms. The van der Waals surface area contributed by atoms with Gasteiger partial charge in [-0.25, -0.2) is 29.9 Å². The highest BCUT2D eigenvalue weighted by Gasteiger charge is 2.21. The summed E-state index contributed by atoms with van der Waals surface area (Å²) in [6.07, 6.45) is 0. The van der Waals surface area contributed by atoms with Gasteiger partial charge in [0.1, 0.15) is 22.3 Å². The first kappa shape index (κ1) is 31.7. The summed E-state index contributed by atoms with van der Waals surface area (Å²) in [5, 5.41) is 3.82. The summed E-state index contributed by atoms with van der Waals surface area (Å²) in [7, 11) is 0. The first-order valence-electron chi connectivity index (χ1n) is 18.3. The molecule has 0 aliphatic carbocycles. The van der Waals surface area contributed by atoms with Gasteiger partial charge in [-0.2, -0.15) is 0 Å². The molecule has 0 radical (unpaired) electrons. The van der Waals surface area contributed by atoms with Gasteiger partial charge in [0.2, 0.25) is 0 Å². The van der Waals surface area contributed by atoms with Crippen LogP contribution >= 0.6 is 0 Å². The Morgan fingerprint density at radius 3 is 1.39 bits per heavy atom. The van der Waals surface area contributed by atoms with Crippen molar-refractivity contribution in [3.63, 3.8) is 0 Å². The molecule has 8 nitrogen and oxygen atoms in total. The summed E-state index contributed by atoms with van der Waals surface area (Å²) in [6, 6.07) is 56.1. The van der Waals surface area contributed by atoms with E-state index in [2.05, 4.69) is 18.2 Å². The molecule has 11 aromatic rings. The highest BCUT2D eigenvalue weighted by Crippen LogP contribution is 2.39. The summed E-state index contributed by atoms with van der Waals surface area (Å²) in [6.45, 7) is 0. The molecular weight excluding hydrogens is 693 g/mol. The lowest BCUT2D eigenvalue weighted by Crippen LogP contribution is -2.00. The minimum atomic E-state index is 0.526. The molecule has 11 rings (SSSR count). The average Bonchev–Trinajstić information content (AvgIpc) is 3.85. The number of furan rings is 2. The Labute approximate surface area is 319 Å². The summed E-state index contributed by atoms with van der Waals surface area (Å²) in [4.78, 5) is 30.0. The Balaban J connectivity index is 1.09. The van der Waals surface area contributed by atoms with Gasteiger partial charge in [-0.05, 0) is 36.4 Å². The number of fused-ring (bicyclic) bond motifs is 6. The molecule has 0 saturated carbocycles. The third kappa shape index (κ3) is 5.39. The van der Waals surface area contributed by atoms with Gasteiger partial charge in [0.25, 0.3) is 0 Å². The van der Waals surface area contributed by atoms with Crippen LogP contribution in [0.2, 0.25) is 0 Å². The fourth-order valence-electron chi connectivity index (χ4n) is 7.35. The summed E-state index contributed by atoms with van der Waals surface area (Å²) in [5.74, 6) is 3.38. The number of benzene rings is 7. The van der Waals surface area contributed by atoms with E-state index in [1.54, 1.807) is 0 Å². The second-order valence-corrected chi connectivity index (χ2v) is 13.5. The zero-order valence-electron chi connectivity index (χ0n) is 29.7. The van der Waals surface area contributed by atoms with E-state index >= 15 is 0 Å². The Kier molecular flexibility index (Phi) is 7.31. The van der Waals surface area contributed by atoms with E-state index in [0.717, 1.165) is 71.7 Å². The number of hydrogen-bond donors (Lipinski definition) is 0. The molecule has 0 amide bonds. The van der Waals surface area contributed by atoms with E-state index in [-0.39, 0.29) is 0 Å².